The van der Waals surface area contributed by atoms with Gasteiger partial charge in [0.15, 0.2) is 0 Å². The lowest BCUT2D eigenvalue weighted by molar-refractivity contribution is 0.0851. The average Bonchev–Trinajstić information content (AvgIpc) is 3.01. The number of methoxy groups -OCH3 is 1. The van der Waals surface area contributed by atoms with E-state index in [4.69, 9.17) is 4.74 Å². The summed E-state index contributed by atoms with van der Waals surface area (Å²) in [5.74, 6) is 1.07. The number of fused-ring (bicyclic) bond motifs is 1. The molecule has 1 fully saturated rings. The van der Waals surface area contributed by atoms with Crippen LogP contribution in [0.4, 0.5) is 8.78 Å². The number of benzene rings is 1. The fraction of sp³-hybridized carbons (Fsp3) is 0.556. The minimum Gasteiger partial charge on any atom is -0.496 e. The van der Waals surface area contributed by atoms with Crippen LogP contribution in [0.5, 0.6) is 5.75 Å². The largest absolute Gasteiger partial charge is 0.496 e. The Hall–Kier alpha value is -1.62. The highest BCUT2D eigenvalue weighted by Crippen LogP contribution is 2.33. The van der Waals surface area contributed by atoms with Gasteiger partial charge in [-0.2, -0.15) is 0 Å². The van der Waals surface area contributed by atoms with Crippen molar-refractivity contribution < 1.29 is 13.5 Å². The molecule has 0 unspecified atom stereocenters. The Labute approximate surface area is 135 Å². The van der Waals surface area contributed by atoms with Crippen LogP contribution in [0.3, 0.4) is 0 Å². The van der Waals surface area contributed by atoms with E-state index in [0.29, 0.717) is 0 Å². The monoisotopic (exact) mass is 322 g/mol. The van der Waals surface area contributed by atoms with Crippen LogP contribution >= 0.6 is 0 Å². The highest BCUT2D eigenvalue weighted by molar-refractivity contribution is 5.88. The molecule has 0 radical (unpaired) electrons. The second-order valence-electron chi connectivity index (χ2n) is 6.49. The minimum atomic E-state index is -2.18. The molecule has 0 saturated carbocycles. The molecule has 1 aromatic heterocycles. The van der Waals surface area contributed by atoms with E-state index in [0.717, 1.165) is 43.7 Å². The van der Waals surface area contributed by atoms with Crippen molar-refractivity contribution >= 4 is 10.9 Å². The van der Waals surface area contributed by atoms with Gasteiger partial charge in [-0.15, -0.1) is 0 Å². The average molecular weight is 322 g/mol. The molecule has 0 spiro atoms. The Kier molecular flexibility index (Phi) is 4.85. The first-order valence-corrected chi connectivity index (χ1v) is 8.22. The van der Waals surface area contributed by atoms with Gasteiger partial charge in [-0.25, -0.2) is 8.78 Å². The SMILES string of the molecule is COc1cc(C)c2[nH]ccc2c1CN1CCC(CC(F)F)CC1. The zero-order valence-electron chi connectivity index (χ0n) is 13.7. The Bertz CT molecular complexity index is 660. The zero-order chi connectivity index (χ0) is 16.4. The first-order chi connectivity index (χ1) is 11.1. The van der Waals surface area contributed by atoms with Gasteiger partial charge < -0.3 is 9.72 Å². The number of hydrogen-bond donors (Lipinski definition) is 1. The first-order valence-electron chi connectivity index (χ1n) is 8.22. The van der Waals surface area contributed by atoms with Crippen LogP contribution < -0.4 is 4.74 Å². The Morgan fingerprint density at radius 3 is 2.74 bits per heavy atom. The molecule has 1 aliphatic heterocycles. The van der Waals surface area contributed by atoms with Crippen molar-refractivity contribution in [1.29, 1.82) is 0 Å². The molecule has 0 aliphatic carbocycles. The molecule has 1 aromatic carbocycles. The Balaban J connectivity index is 1.75. The number of ether oxygens (including phenoxy) is 1. The summed E-state index contributed by atoms with van der Waals surface area (Å²) in [7, 11) is 1.70. The maximum atomic E-state index is 12.5. The summed E-state index contributed by atoms with van der Waals surface area (Å²) < 4.78 is 30.6. The number of aromatic nitrogens is 1. The normalized spacial score (nSPS) is 17.3. The number of halogens is 2. The molecular weight excluding hydrogens is 298 g/mol. The van der Waals surface area contributed by atoms with Gasteiger partial charge >= 0.3 is 0 Å². The van der Waals surface area contributed by atoms with E-state index in [1.54, 1.807) is 7.11 Å². The number of alkyl halides is 2. The van der Waals surface area contributed by atoms with Gasteiger partial charge in [0.05, 0.1) is 7.11 Å². The third kappa shape index (κ3) is 3.50. The second kappa shape index (κ2) is 6.87. The number of piperidine rings is 1. The molecule has 1 aliphatic rings. The summed E-state index contributed by atoms with van der Waals surface area (Å²) in [6.45, 7) is 4.63. The molecule has 0 amide bonds. The highest BCUT2D eigenvalue weighted by Gasteiger charge is 2.23. The molecule has 1 saturated heterocycles. The Morgan fingerprint density at radius 2 is 2.09 bits per heavy atom. The number of rotatable bonds is 5. The molecule has 126 valence electrons. The number of hydrogen-bond acceptors (Lipinski definition) is 2. The van der Waals surface area contributed by atoms with Crippen molar-refractivity contribution in [3.05, 3.63) is 29.5 Å². The van der Waals surface area contributed by atoms with Crippen LogP contribution in [0, 0.1) is 12.8 Å². The lowest BCUT2D eigenvalue weighted by Crippen LogP contribution is -2.34. The number of H-pyrrole nitrogens is 1. The van der Waals surface area contributed by atoms with E-state index in [2.05, 4.69) is 28.9 Å². The minimum absolute atomic E-state index is 0.0454. The highest BCUT2D eigenvalue weighted by atomic mass is 19.3. The number of nitrogens with one attached hydrogen (secondary N) is 1. The van der Waals surface area contributed by atoms with Gasteiger partial charge in [0.25, 0.3) is 0 Å². The number of likely N-dealkylation sites (tertiary alicyclic amines) is 1. The molecular formula is C18H24F2N2O. The predicted octanol–water partition coefficient (Wildman–Crippen LogP) is 4.35. The number of aromatic amines is 1. The summed E-state index contributed by atoms with van der Waals surface area (Å²) in [6.07, 6.45) is 1.53. The third-order valence-electron chi connectivity index (χ3n) is 4.93. The molecule has 2 aromatic rings. The maximum absolute atomic E-state index is 12.5. The van der Waals surface area contributed by atoms with Crippen molar-refractivity contribution in [1.82, 2.24) is 9.88 Å². The van der Waals surface area contributed by atoms with Crippen LogP contribution in [0.15, 0.2) is 18.3 Å². The molecule has 3 rings (SSSR count). The van der Waals surface area contributed by atoms with E-state index in [1.165, 1.54) is 16.5 Å². The molecule has 1 N–H and O–H groups in total. The van der Waals surface area contributed by atoms with Gasteiger partial charge in [-0.3, -0.25) is 4.90 Å². The lowest BCUT2D eigenvalue weighted by atomic mass is 9.93. The third-order valence-corrected chi connectivity index (χ3v) is 4.93. The summed E-state index contributed by atoms with van der Waals surface area (Å²) in [4.78, 5) is 5.64. The van der Waals surface area contributed by atoms with E-state index in [1.807, 2.05) is 6.20 Å². The Morgan fingerprint density at radius 1 is 1.35 bits per heavy atom. The van der Waals surface area contributed by atoms with Crippen molar-refractivity contribution in [2.45, 2.75) is 39.2 Å². The van der Waals surface area contributed by atoms with E-state index < -0.39 is 6.43 Å². The van der Waals surface area contributed by atoms with Crippen LogP contribution in [-0.4, -0.2) is 36.5 Å². The summed E-state index contributed by atoms with van der Waals surface area (Å²) >= 11 is 0. The molecule has 0 atom stereocenters. The van der Waals surface area contributed by atoms with Crippen molar-refractivity contribution in [3.63, 3.8) is 0 Å². The second-order valence-corrected chi connectivity index (χ2v) is 6.49. The van der Waals surface area contributed by atoms with Crippen molar-refractivity contribution in [2.75, 3.05) is 20.2 Å². The predicted molar refractivity (Wildman–Crippen MR) is 88.2 cm³/mol. The molecule has 5 heteroatoms. The smallest absolute Gasteiger partial charge is 0.238 e. The fourth-order valence-corrected chi connectivity index (χ4v) is 3.64. The summed E-state index contributed by atoms with van der Waals surface area (Å²) in [5.41, 5.74) is 3.50. The van der Waals surface area contributed by atoms with Gasteiger partial charge in [-0.05, 0) is 56.5 Å². The first kappa shape index (κ1) is 16.2. The van der Waals surface area contributed by atoms with Crippen LogP contribution in [0.25, 0.3) is 10.9 Å². The molecule has 23 heavy (non-hydrogen) atoms. The van der Waals surface area contributed by atoms with Gasteiger partial charge in [-0.1, -0.05) is 0 Å². The standard InChI is InChI=1S/C18H24F2N2O/c1-12-9-16(23-2)15(14-3-6-21-18(12)14)11-22-7-4-13(5-8-22)10-17(19)20/h3,6,9,13,17,21H,4-5,7-8,10-11H2,1-2H3. The molecule has 0 bridgehead atoms. The van der Waals surface area contributed by atoms with E-state index in [-0.39, 0.29) is 12.3 Å². The van der Waals surface area contributed by atoms with Gasteiger partial charge in [0, 0.05) is 35.6 Å². The maximum Gasteiger partial charge on any atom is 0.238 e. The van der Waals surface area contributed by atoms with Gasteiger partial charge in [0.2, 0.25) is 6.43 Å². The van der Waals surface area contributed by atoms with Gasteiger partial charge in [0.1, 0.15) is 5.75 Å². The van der Waals surface area contributed by atoms with Crippen LogP contribution in [0.2, 0.25) is 0 Å². The van der Waals surface area contributed by atoms with Crippen molar-refractivity contribution in [3.8, 4) is 5.75 Å². The number of nitrogens with zero attached hydrogens (tertiary/aromatic N) is 1. The number of aryl methyl sites for hydroxylation is 1. The molecule has 3 nitrogen and oxygen atoms in total. The summed E-state index contributed by atoms with van der Waals surface area (Å²) in [6, 6.07) is 4.15. The lowest BCUT2D eigenvalue weighted by Gasteiger charge is -2.32. The van der Waals surface area contributed by atoms with E-state index in [9.17, 15) is 8.78 Å². The van der Waals surface area contributed by atoms with Crippen molar-refractivity contribution in [2.24, 2.45) is 5.92 Å². The zero-order valence-corrected chi connectivity index (χ0v) is 13.7. The quantitative estimate of drug-likeness (QED) is 0.886. The van der Waals surface area contributed by atoms with Crippen LogP contribution in [-0.2, 0) is 6.54 Å². The van der Waals surface area contributed by atoms with E-state index >= 15 is 0 Å². The fourth-order valence-electron chi connectivity index (χ4n) is 3.64. The van der Waals surface area contributed by atoms with Crippen LogP contribution in [0.1, 0.15) is 30.4 Å². The molecule has 2 heterocycles. The topological polar surface area (TPSA) is 28.3 Å². The summed E-state index contributed by atoms with van der Waals surface area (Å²) in [5, 5.41) is 1.19.